The predicted octanol–water partition coefficient (Wildman–Crippen LogP) is 5.22. The molecule has 150 valence electrons. The summed E-state index contributed by atoms with van der Waals surface area (Å²) in [5, 5.41) is 7.34. The number of nitrogens with zero attached hydrogens (tertiary/aromatic N) is 2. The molecule has 0 unspecified atom stereocenters. The first-order chi connectivity index (χ1) is 13.9. The van der Waals surface area contributed by atoms with Gasteiger partial charge in [-0.1, -0.05) is 54.0 Å². The summed E-state index contributed by atoms with van der Waals surface area (Å²) in [5.74, 6) is 0.387. The zero-order valence-corrected chi connectivity index (χ0v) is 18.1. The summed E-state index contributed by atoms with van der Waals surface area (Å²) in [6.45, 7) is 4.66. The van der Waals surface area contributed by atoms with Crippen molar-refractivity contribution in [3.63, 3.8) is 0 Å². The van der Waals surface area contributed by atoms with Gasteiger partial charge in [0.1, 0.15) is 0 Å². The molecular weight excluding hydrogens is 430 g/mol. The van der Waals surface area contributed by atoms with E-state index >= 15 is 0 Å². The molecule has 5 nitrogen and oxygen atoms in total. The van der Waals surface area contributed by atoms with Gasteiger partial charge in [0, 0.05) is 34.8 Å². The summed E-state index contributed by atoms with van der Waals surface area (Å²) in [7, 11) is 0. The summed E-state index contributed by atoms with van der Waals surface area (Å²) < 4.78 is 2.40. The SMILES string of the molecule is CC(C)c1ccc(NC(=O)CCCn2nc(-c3ccc(Br)cc3)ccc2=O)cc1. The zero-order chi connectivity index (χ0) is 20.8. The van der Waals surface area contributed by atoms with Gasteiger partial charge in [0.15, 0.2) is 0 Å². The minimum atomic E-state index is -0.171. The molecule has 2 aromatic carbocycles. The zero-order valence-electron chi connectivity index (χ0n) is 16.6. The molecule has 0 bridgehead atoms. The van der Waals surface area contributed by atoms with Crippen LogP contribution in [0.4, 0.5) is 5.69 Å². The van der Waals surface area contributed by atoms with E-state index in [0.717, 1.165) is 21.4 Å². The standard InChI is InChI=1S/C23H24BrN3O2/c1-16(2)17-7-11-20(12-8-17)25-22(28)4-3-15-27-23(29)14-13-21(26-27)18-5-9-19(24)10-6-18/h5-14,16H,3-4,15H2,1-2H3,(H,25,28). The number of amides is 1. The average molecular weight is 454 g/mol. The normalized spacial score (nSPS) is 10.9. The lowest BCUT2D eigenvalue weighted by Crippen LogP contribution is -2.23. The maximum absolute atomic E-state index is 12.2. The van der Waals surface area contributed by atoms with Crippen molar-refractivity contribution < 1.29 is 4.79 Å². The van der Waals surface area contributed by atoms with Gasteiger partial charge in [0.05, 0.1) is 5.69 Å². The van der Waals surface area contributed by atoms with Crippen LogP contribution in [0.15, 0.2) is 69.9 Å². The monoisotopic (exact) mass is 453 g/mol. The maximum atomic E-state index is 12.2. The van der Waals surface area contributed by atoms with Crippen LogP contribution in [0.3, 0.4) is 0 Å². The summed E-state index contributed by atoms with van der Waals surface area (Å²) in [5.41, 5.74) is 3.51. The molecule has 0 saturated heterocycles. The second kappa shape index (κ2) is 9.65. The first-order valence-electron chi connectivity index (χ1n) is 9.66. The second-order valence-electron chi connectivity index (χ2n) is 7.22. The number of hydrogen-bond donors (Lipinski definition) is 1. The van der Waals surface area contributed by atoms with E-state index in [-0.39, 0.29) is 11.5 Å². The minimum Gasteiger partial charge on any atom is -0.326 e. The molecule has 0 saturated carbocycles. The fourth-order valence-electron chi connectivity index (χ4n) is 2.95. The summed E-state index contributed by atoms with van der Waals surface area (Å²) >= 11 is 3.41. The van der Waals surface area contributed by atoms with Crippen LogP contribution >= 0.6 is 15.9 Å². The Labute approximate surface area is 178 Å². The van der Waals surface area contributed by atoms with Crippen molar-refractivity contribution >= 4 is 27.5 Å². The molecule has 29 heavy (non-hydrogen) atoms. The van der Waals surface area contributed by atoms with Gasteiger partial charge >= 0.3 is 0 Å². The molecule has 0 radical (unpaired) electrons. The van der Waals surface area contributed by atoms with Gasteiger partial charge in [-0.2, -0.15) is 5.10 Å². The van der Waals surface area contributed by atoms with E-state index in [2.05, 4.69) is 40.2 Å². The molecular formula is C23H24BrN3O2. The molecule has 3 aromatic rings. The average Bonchev–Trinajstić information content (AvgIpc) is 2.70. The number of rotatable bonds is 7. The molecule has 1 amide bonds. The number of hydrogen-bond acceptors (Lipinski definition) is 3. The molecule has 0 atom stereocenters. The highest BCUT2D eigenvalue weighted by Gasteiger charge is 2.07. The number of anilines is 1. The molecule has 1 N–H and O–H groups in total. The third-order valence-corrected chi connectivity index (χ3v) is 5.17. The molecule has 0 aliphatic rings. The van der Waals surface area contributed by atoms with Crippen molar-refractivity contribution in [3.05, 3.63) is 81.1 Å². The van der Waals surface area contributed by atoms with E-state index in [1.807, 2.05) is 48.5 Å². The quantitative estimate of drug-likeness (QED) is 0.533. The molecule has 3 rings (SSSR count). The van der Waals surface area contributed by atoms with Gasteiger partial charge < -0.3 is 5.32 Å². The van der Waals surface area contributed by atoms with Gasteiger partial charge in [-0.3, -0.25) is 9.59 Å². The number of halogens is 1. The van der Waals surface area contributed by atoms with Crippen LogP contribution in [-0.4, -0.2) is 15.7 Å². The lowest BCUT2D eigenvalue weighted by atomic mass is 10.0. The molecule has 0 fully saturated rings. The number of carbonyl (C=O) groups is 1. The number of carbonyl (C=O) groups excluding carboxylic acids is 1. The first-order valence-corrected chi connectivity index (χ1v) is 10.5. The number of aryl methyl sites for hydroxylation is 1. The maximum Gasteiger partial charge on any atom is 0.266 e. The van der Waals surface area contributed by atoms with Crippen LogP contribution in [0.1, 0.15) is 38.2 Å². The van der Waals surface area contributed by atoms with Crippen molar-refractivity contribution in [1.82, 2.24) is 9.78 Å². The molecule has 0 aliphatic heterocycles. The smallest absolute Gasteiger partial charge is 0.266 e. The van der Waals surface area contributed by atoms with Gasteiger partial charge in [-0.15, -0.1) is 0 Å². The van der Waals surface area contributed by atoms with E-state index in [4.69, 9.17) is 0 Å². The summed E-state index contributed by atoms with van der Waals surface area (Å²) in [6, 6.07) is 18.9. The largest absolute Gasteiger partial charge is 0.326 e. The lowest BCUT2D eigenvalue weighted by Gasteiger charge is -2.09. The van der Waals surface area contributed by atoms with Crippen molar-refractivity contribution in [2.75, 3.05) is 5.32 Å². The molecule has 6 heteroatoms. The van der Waals surface area contributed by atoms with E-state index in [1.165, 1.54) is 16.3 Å². The molecule has 1 aromatic heterocycles. The van der Waals surface area contributed by atoms with Crippen LogP contribution in [0, 0.1) is 0 Å². The van der Waals surface area contributed by atoms with Crippen molar-refractivity contribution in [2.24, 2.45) is 0 Å². The Hall–Kier alpha value is -2.73. The second-order valence-corrected chi connectivity index (χ2v) is 8.13. The van der Waals surface area contributed by atoms with Gasteiger partial charge in [0.2, 0.25) is 5.91 Å². The van der Waals surface area contributed by atoms with Crippen LogP contribution in [0.25, 0.3) is 11.3 Å². The third kappa shape index (κ3) is 5.87. The molecule has 0 spiro atoms. The molecule has 0 aliphatic carbocycles. The van der Waals surface area contributed by atoms with Gasteiger partial charge in [-0.05, 0) is 48.2 Å². The van der Waals surface area contributed by atoms with Crippen molar-refractivity contribution in [3.8, 4) is 11.3 Å². The van der Waals surface area contributed by atoms with Crippen LogP contribution in [0.5, 0.6) is 0 Å². The van der Waals surface area contributed by atoms with E-state index in [9.17, 15) is 9.59 Å². The Balaban J connectivity index is 1.57. The predicted molar refractivity (Wildman–Crippen MR) is 120 cm³/mol. The number of aromatic nitrogens is 2. The van der Waals surface area contributed by atoms with E-state index in [0.29, 0.717) is 25.3 Å². The highest BCUT2D eigenvalue weighted by Crippen LogP contribution is 2.19. The lowest BCUT2D eigenvalue weighted by molar-refractivity contribution is -0.116. The van der Waals surface area contributed by atoms with Crippen LogP contribution in [0.2, 0.25) is 0 Å². The number of nitrogens with one attached hydrogen (secondary N) is 1. The van der Waals surface area contributed by atoms with E-state index in [1.54, 1.807) is 6.07 Å². The van der Waals surface area contributed by atoms with Crippen LogP contribution < -0.4 is 10.9 Å². The Bertz CT molecular complexity index is 1030. The fourth-order valence-corrected chi connectivity index (χ4v) is 3.21. The Morgan fingerprint density at radius 2 is 1.72 bits per heavy atom. The van der Waals surface area contributed by atoms with Crippen molar-refractivity contribution in [1.29, 1.82) is 0 Å². The highest BCUT2D eigenvalue weighted by atomic mass is 79.9. The molecule has 1 heterocycles. The fraction of sp³-hybridized carbons (Fsp3) is 0.261. The number of benzene rings is 2. The Morgan fingerprint density at radius 3 is 2.38 bits per heavy atom. The Kier molecular flexibility index (Phi) is 6.99. The third-order valence-electron chi connectivity index (χ3n) is 4.64. The van der Waals surface area contributed by atoms with Gasteiger partial charge in [-0.25, -0.2) is 4.68 Å². The summed E-state index contributed by atoms with van der Waals surface area (Å²) in [6.07, 6.45) is 0.856. The van der Waals surface area contributed by atoms with Gasteiger partial charge in [0.25, 0.3) is 5.56 Å². The minimum absolute atomic E-state index is 0.0700. The Morgan fingerprint density at radius 1 is 1.03 bits per heavy atom. The summed E-state index contributed by atoms with van der Waals surface area (Å²) in [4.78, 5) is 24.3. The van der Waals surface area contributed by atoms with Crippen molar-refractivity contribution in [2.45, 2.75) is 39.2 Å². The van der Waals surface area contributed by atoms with E-state index < -0.39 is 0 Å². The highest BCUT2D eigenvalue weighted by molar-refractivity contribution is 9.10. The first kappa shape index (κ1) is 21.0. The topological polar surface area (TPSA) is 64.0 Å². The van der Waals surface area contributed by atoms with Crippen LogP contribution in [-0.2, 0) is 11.3 Å².